The molecule has 3 aromatic heterocycles. The van der Waals surface area contributed by atoms with Crippen molar-refractivity contribution in [2.75, 3.05) is 6.54 Å². The summed E-state index contributed by atoms with van der Waals surface area (Å²) in [6.45, 7) is 1.77. The molecule has 30 heavy (non-hydrogen) atoms. The highest BCUT2D eigenvalue weighted by molar-refractivity contribution is 6.37. The molecule has 1 aliphatic heterocycles. The van der Waals surface area contributed by atoms with E-state index in [4.69, 9.17) is 32.6 Å². The summed E-state index contributed by atoms with van der Waals surface area (Å²) < 4.78 is 5.45. The number of halogens is 2. The van der Waals surface area contributed by atoms with Gasteiger partial charge in [0.25, 0.3) is 0 Å². The molecule has 150 valence electrons. The lowest BCUT2D eigenvalue weighted by molar-refractivity contribution is 0.240. The van der Waals surface area contributed by atoms with Gasteiger partial charge in [-0.1, -0.05) is 23.2 Å². The van der Waals surface area contributed by atoms with E-state index < -0.39 is 5.63 Å². The molecule has 0 unspecified atom stereocenters. The van der Waals surface area contributed by atoms with Crippen LogP contribution in [0, 0.1) is 0 Å². The fourth-order valence-corrected chi connectivity index (χ4v) is 4.14. The Kier molecular flexibility index (Phi) is 4.98. The van der Waals surface area contributed by atoms with E-state index in [1.54, 1.807) is 30.6 Å². The van der Waals surface area contributed by atoms with Gasteiger partial charge in [0.15, 0.2) is 5.82 Å². The van der Waals surface area contributed by atoms with E-state index >= 15 is 0 Å². The molecule has 0 bridgehead atoms. The number of aromatic nitrogens is 3. The molecule has 0 fully saturated rings. The number of pyridine rings is 1. The van der Waals surface area contributed by atoms with E-state index in [9.17, 15) is 4.79 Å². The standard InChI is InChI=1S/C22H16Cl2N4O2/c23-15-1-2-19-16(9-15)20(24)17(22(29)30-19)12-28-8-5-18-14(11-28)10-26-21(27-18)13-3-6-25-7-4-13/h1-4,6-7,9-10H,5,8,11-12H2. The maximum absolute atomic E-state index is 12.5. The van der Waals surface area contributed by atoms with Gasteiger partial charge in [0.2, 0.25) is 0 Å². The van der Waals surface area contributed by atoms with Crippen molar-refractivity contribution in [3.63, 3.8) is 0 Å². The fraction of sp³-hybridized carbons (Fsp3) is 0.182. The van der Waals surface area contributed by atoms with Crippen molar-refractivity contribution in [1.29, 1.82) is 0 Å². The first-order chi connectivity index (χ1) is 14.6. The van der Waals surface area contributed by atoms with Crippen LogP contribution in [0.2, 0.25) is 10.0 Å². The molecule has 0 spiro atoms. The Morgan fingerprint density at radius 2 is 1.97 bits per heavy atom. The van der Waals surface area contributed by atoms with Gasteiger partial charge in [0.05, 0.1) is 16.3 Å². The highest BCUT2D eigenvalue weighted by Crippen LogP contribution is 2.29. The number of hydrogen-bond acceptors (Lipinski definition) is 6. The molecule has 1 aromatic carbocycles. The van der Waals surface area contributed by atoms with E-state index in [1.165, 1.54) is 0 Å². The third-order valence-corrected chi connectivity index (χ3v) is 5.89. The summed E-state index contributed by atoms with van der Waals surface area (Å²) in [6.07, 6.45) is 6.07. The zero-order valence-corrected chi connectivity index (χ0v) is 17.3. The predicted octanol–water partition coefficient (Wildman–Crippen LogP) is 4.51. The normalized spacial score (nSPS) is 14.1. The van der Waals surface area contributed by atoms with Gasteiger partial charge in [-0.2, -0.15) is 0 Å². The van der Waals surface area contributed by atoms with Crippen molar-refractivity contribution in [2.45, 2.75) is 19.5 Å². The van der Waals surface area contributed by atoms with Gasteiger partial charge in [0.1, 0.15) is 5.58 Å². The van der Waals surface area contributed by atoms with E-state index in [1.807, 2.05) is 18.3 Å². The summed E-state index contributed by atoms with van der Waals surface area (Å²) in [4.78, 5) is 27.9. The van der Waals surface area contributed by atoms with Crippen LogP contribution >= 0.6 is 23.2 Å². The Balaban J connectivity index is 1.41. The Labute approximate surface area is 182 Å². The lowest BCUT2D eigenvalue weighted by Crippen LogP contribution is -2.32. The van der Waals surface area contributed by atoms with Crippen molar-refractivity contribution < 1.29 is 4.42 Å². The average Bonchev–Trinajstić information content (AvgIpc) is 2.77. The Morgan fingerprint density at radius 1 is 1.13 bits per heavy atom. The number of rotatable bonds is 3. The molecule has 8 heteroatoms. The van der Waals surface area contributed by atoms with Crippen molar-refractivity contribution in [3.05, 3.63) is 86.2 Å². The second kappa shape index (κ2) is 7.80. The first-order valence-electron chi connectivity index (χ1n) is 9.47. The predicted molar refractivity (Wildman–Crippen MR) is 116 cm³/mol. The number of nitrogens with zero attached hydrogens (tertiary/aromatic N) is 4. The van der Waals surface area contributed by atoms with Gasteiger partial charge < -0.3 is 4.42 Å². The Hall–Kier alpha value is -2.80. The minimum absolute atomic E-state index is 0.384. The molecular weight excluding hydrogens is 423 g/mol. The Bertz CT molecular complexity index is 1310. The largest absolute Gasteiger partial charge is 0.422 e. The minimum atomic E-state index is -0.426. The summed E-state index contributed by atoms with van der Waals surface area (Å²) in [5.41, 5.74) is 3.45. The average molecular weight is 439 g/mol. The zero-order valence-electron chi connectivity index (χ0n) is 15.8. The molecule has 0 amide bonds. The Morgan fingerprint density at radius 3 is 2.80 bits per heavy atom. The van der Waals surface area contributed by atoms with Gasteiger partial charge in [-0.3, -0.25) is 9.88 Å². The van der Waals surface area contributed by atoms with Crippen LogP contribution in [0.3, 0.4) is 0 Å². The molecule has 0 N–H and O–H groups in total. The van der Waals surface area contributed by atoms with Gasteiger partial charge in [0, 0.05) is 66.2 Å². The molecule has 6 nitrogen and oxygen atoms in total. The summed E-state index contributed by atoms with van der Waals surface area (Å²) >= 11 is 12.6. The van der Waals surface area contributed by atoms with Gasteiger partial charge in [-0.25, -0.2) is 14.8 Å². The van der Waals surface area contributed by atoms with Crippen LogP contribution in [-0.2, 0) is 19.5 Å². The fourth-order valence-electron chi connectivity index (χ4n) is 3.68. The van der Waals surface area contributed by atoms with Crippen LogP contribution in [0.5, 0.6) is 0 Å². The highest BCUT2D eigenvalue weighted by Gasteiger charge is 2.22. The van der Waals surface area contributed by atoms with Crippen LogP contribution in [0.25, 0.3) is 22.4 Å². The van der Waals surface area contributed by atoms with Crippen LogP contribution < -0.4 is 5.63 Å². The number of fused-ring (bicyclic) bond motifs is 2. The molecule has 4 aromatic rings. The van der Waals surface area contributed by atoms with E-state index in [0.717, 1.165) is 29.8 Å². The maximum Gasteiger partial charge on any atom is 0.342 e. The third-order valence-electron chi connectivity index (χ3n) is 5.23. The molecule has 0 radical (unpaired) electrons. The van der Waals surface area contributed by atoms with Crippen molar-refractivity contribution in [1.82, 2.24) is 19.9 Å². The molecule has 0 aliphatic carbocycles. The van der Waals surface area contributed by atoms with Crippen LogP contribution in [0.4, 0.5) is 0 Å². The molecule has 5 rings (SSSR count). The molecular formula is C22H16Cl2N4O2. The smallest absolute Gasteiger partial charge is 0.342 e. The quantitative estimate of drug-likeness (QED) is 0.438. The zero-order chi connectivity index (χ0) is 20.7. The summed E-state index contributed by atoms with van der Waals surface area (Å²) in [5.74, 6) is 0.694. The molecule has 1 aliphatic rings. The second-order valence-electron chi connectivity index (χ2n) is 7.18. The van der Waals surface area contributed by atoms with Crippen LogP contribution in [0.15, 0.2) is 58.1 Å². The summed E-state index contributed by atoms with van der Waals surface area (Å²) in [6, 6.07) is 8.83. The minimum Gasteiger partial charge on any atom is -0.422 e. The SMILES string of the molecule is O=c1oc2ccc(Cl)cc2c(Cl)c1CN1CCc2nc(-c3ccncc3)ncc2C1. The lowest BCUT2D eigenvalue weighted by Gasteiger charge is -2.28. The van der Waals surface area contributed by atoms with Gasteiger partial charge in [-0.05, 0) is 30.3 Å². The third kappa shape index (κ3) is 3.58. The molecule has 0 saturated carbocycles. The van der Waals surface area contributed by atoms with E-state index in [0.29, 0.717) is 45.5 Å². The van der Waals surface area contributed by atoms with Crippen molar-refractivity contribution in [3.8, 4) is 11.4 Å². The first-order valence-corrected chi connectivity index (χ1v) is 10.2. The molecule has 0 atom stereocenters. The number of benzene rings is 1. The summed E-state index contributed by atoms with van der Waals surface area (Å²) in [7, 11) is 0. The molecule has 0 saturated heterocycles. The lowest BCUT2D eigenvalue weighted by atomic mass is 10.1. The van der Waals surface area contributed by atoms with Crippen LogP contribution in [-0.4, -0.2) is 26.4 Å². The van der Waals surface area contributed by atoms with Crippen molar-refractivity contribution >= 4 is 34.2 Å². The number of hydrogen-bond donors (Lipinski definition) is 0. The first kappa shape index (κ1) is 19.2. The van der Waals surface area contributed by atoms with Gasteiger partial charge in [-0.15, -0.1) is 0 Å². The second-order valence-corrected chi connectivity index (χ2v) is 8.00. The van der Waals surface area contributed by atoms with E-state index in [2.05, 4.69) is 14.9 Å². The summed E-state index contributed by atoms with van der Waals surface area (Å²) in [5, 5.41) is 1.57. The van der Waals surface area contributed by atoms with Gasteiger partial charge >= 0.3 is 5.63 Å². The van der Waals surface area contributed by atoms with Crippen molar-refractivity contribution in [2.24, 2.45) is 0 Å². The maximum atomic E-state index is 12.5. The molecule has 4 heterocycles. The monoisotopic (exact) mass is 438 g/mol. The van der Waals surface area contributed by atoms with E-state index in [-0.39, 0.29) is 0 Å². The van der Waals surface area contributed by atoms with Crippen LogP contribution in [0.1, 0.15) is 16.8 Å². The highest BCUT2D eigenvalue weighted by atomic mass is 35.5. The topological polar surface area (TPSA) is 72.1 Å².